The largest absolute Gasteiger partial charge is 0.308 e. The Morgan fingerprint density at radius 1 is 1.26 bits per heavy atom. The van der Waals surface area contributed by atoms with Gasteiger partial charge in [-0.15, -0.1) is 0 Å². The van der Waals surface area contributed by atoms with Crippen LogP contribution < -0.4 is 4.90 Å². The van der Waals surface area contributed by atoms with Gasteiger partial charge in [-0.1, -0.05) is 31.0 Å². The number of nitrogens with zero attached hydrogens (tertiary/aromatic N) is 2. The molecule has 0 bridgehead atoms. The average molecular weight is 336 g/mol. The molecule has 1 fully saturated rings. The fourth-order valence-electron chi connectivity index (χ4n) is 3.86. The summed E-state index contributed by atoms with van der Waals surface area (Å²) in [6.07, 6.45) is 5.81. The third kappa shape index (κ3) is 3.28. The number of sulfonamides is 1. The van der Waals surface area contributed by atoms with E-state index in [-0.39, 0.29) is 24.5 Å². The molecule has 126 valence electrons. The fraction of sp³-hybridized carbons (Fsp3) is 0.588. The molecule has 2 aliphatic rings. The standard InChI is InChI=1S/C17H24N2O3S/c1-13-11-14-7-3-6-10-16(14)19(13)17(20)12-18(23(2,21)22)15-8-4-5-9-15/h3,6-7,10,13,15H,4-5,8-9,11-12H2,1-2H3. The highest BCUT2D eigenvalue weighted by Crippen LogP contribution is 2.32. The minimum Gasteiger partial charge on any atom is -0.308 e. The Bertz CT molecular complexity index is 696. The van der Waals surface area contributed by atoms with Crippen molar-refractivity contribution in [3.8, 4) is 0 Å². The first kappa shape index (κ1) is 16.5. The SMILES string of the molecule is CC1Cc2ccccc2N1C(=O)CN(C1CCCC1)S(C)(=O)=O. The van der Waals surface area contributed by atoms with Crippen LogP contribution in [0.25, 0.3) is 0 Å². The van der Waals surface area contributed by atoms with Gasteiger partial charge in [-0.05, 0) is 37.8 Å². The van der Waals surface area contributed by atoms with Crippen LogP contribution in [0.1, 0.15) is 38.2 Å². The number of rotatable bonds is 4. The summed E-state index contributed by atoms with van der Waals surface area (Å²) in [6, 6.07) is 7.91. The molecule has 1 saturated carbocycles. The molecular formula is C17H24N2O3S. The summed E-state index contributed by atoms with van der Waals surface area (Å²) in [5.74, 6) is -0.125. The Balaban J connectivity index is 1.82. The van der Waals surface area contributed by atoms with Gasteiger partial charge < -0.3 is 4.90 Å². The molecule has 3 rings (SSSR count). The molecule has 1 aromatic rings. The van der Waals surface area contributed by atoms with Gasteiger partial charge in [0.2, 0.25) is 15.9 Å². The van der Waals surface area contributed by atoms with E-state index in [1.807, 2.05) is 31.2 Å². The molecule has 1 aliphatic carbocycles. The lowest BCUT2D eigenvalue weighted by Gasteiger charge is -2.29. The van der Waals surface area contributed by atoms with Crippen LogP contribution in [0.3, 0.4) is 0 Å². The molecule has 0 aromatic heterocycles. The molecular weight excluding hydrogens is 312 g/mol. The van der Waals surface area contributed by atoms with Crippen LogP contribution in [-0.2, 0) is 21.2 Å². The zero-order valence-electron chi connectivity index (χ0n) is 13.7. The normalized spacial score (nSPS) is 21.9. The van der Waals surface area contributed by atoms with E-state index in [0.717, 1.165) is 43.4 Å². The number of carbonyl (C=O) groups excluding carboxylic acids is 1. The monoisotopic (exact) mass is 336 g/mol. The van der Waals surface area contributed by atoms with Gasteiger partial charge in [-0.25, -0.2) is 8.42 Å². The average Bonchev–Trinajstić information content (AvgIpc) is 3.09. The third-order valence-electron chi connectivity index (χ3n) is 4.92. The Morgan fingerprint density at radius 2 is 1.91 bits per heavy atom. The first-order valence-electron chi connectivity index (χ1n) is 8.24. The second kappa shape index (κ2) is 6.24. The number of anilines is 1. The fourth-order valence-corrected chi connectivity index (χ4v) is 4.96. The molecule has 1 atom stereocenters. The number of hydrogen-bond acceptors (Lipinski definition) is 3. The van der Waals surface area contributed by atoms with Gasteiger partial charge in [-0.3, -0.25) is 4.79 Å². The van der Waals surface area contributed by atoms with Gasteiger partial charge >= 0.3 is 0 Å². The van der Waals surface area contributed by atoms with Crippen LogP contribution in [0.2, 0.25) is 0 Å². The van der Waals surface area contributed by atoms with E-state index in [1.165, 1.54) is 10.6 Å². The van der Waals surface area contributed by atoms with Crippen molar-refractivity contribution in [2.45, 2.75) is 51.1 Å². The number of fused-ring (bicyclic) bond motifs is 1. The van der Waals surface area contributed by atoms with Crippen LogP contribution in [0.4, 0.5) is 5.69 Å². The van der Waals surface area contributed by atoms with Crippen LogP contribution in [0.15, 0.2) is 24.3 Å². The maximum atomic E-state index is 12.9. The number of carbonyl (C=O) groups is 1. The second-order valence-electron chi connectivity index (χ2n) is 6.69. The topological polar surface area (TPSA) is 57.7 Å². The molecule has 6 heteroatoms. The smallest absolute Gasteiger partial charge is 0.242 e. The molecule has 1 amide bonds. The molecule has 1 aliphatic heterocycles. The molecule has 0 spiro atoms. The molecule has 1 unspecified atom stereocenters. The van der Waals surface area contributed by atoms with E-state index < -0.39 is 10.0 Å². The minimum absolute atomic E-state index is 0.0258. The molecule has 0 radical (unpaired) electrons. The molecule has 1 aromatic carbocycles. The first-order valence-corrected chi connectivity index (χ1v) is 10.1. The van der Waals surface area contributed by atoms with Gasteiger partial charge in [0.15, 0.2) is 0 Å². The highest BCUT2D eigenvalue weighted by molar-refractivity contribution is 7.88. The van der Waals surface area contributed by atoms with Gasteiger partial charge in [0.05, 0.1) is 12.8 Å². The van der Waals surface area contributed by atoms with E-state index in [1.54, 1.807) is 4.90 Å². The summed E-state index contributed by atoms with van der Waals surface area (Å²) in [7, 11) is -3.38. The number of para-hydroxylation sites is 1. The van der Waals surface area contributed by atoms with Gasteiger partial charge in [0, 0.05) is 17.8 Å². The Labute approximate surface area is 138 Å². The zero-order chi connectivity index (χ0) is 16.6. The second-order valence-corrected chi connectivity index (χ2v) is 8.63. The molecule has 5 nitrogen and oxygen atoms in total. The minimum atomic E-state index is -3.38. The summed E-state index contributed by atoms with van der Waals surface area (Å²) < 4.78 is 25.7. The summed E-state index contributed by atoms with van der Waals surface area (Å²) in [6.45, 7) is 1.96. The Hall–Kier alpha value is -1.40. The van der Waals surface area contributed by atoms with Crippen molar-refractivity contribution in [1.82, 2.24) is 4.31 Å². The van der Waals surface area contributed by atoms with Crippen molar-refractivity contribution in [2.75, 3.05) is 17.7 Å². The first-order chi connectivity index (χ1) is 10.9. The van der Waals surface area contributed by atoms with Crippen molar-refractivity contribution in [1.29, 1.82) is 0 Å². The molecule has 0 saturated heterocycles. The predicted molar refractivity (Wildman–Crippen MR) is 90.9 cm³/mol. The Morgan fingerprint density at radius 3 is 2.57 bits per heavy atom. The third-order valence-corrected chi connectivity index (χ3v) is 6.20. The van der Waals surface area contributed by atoms with E-state index in [0.29, 0.717) is 0 Å². The quantitative estimate of drug-likeness (QED) is 0.847. The van der Waals surface area contributed by atoms with Gasteiger partial charge in [0.1, 0.15) is 0 Å². The predicted octanol–water partition coefficient (Wildman–Crippen LogP) is 2.17. The zero-order valence-corrected chi connectivity index (χ0v) is 14.6. The van der Waals surface area contributed by atoms with Gasteiger partial charge in [0.25, 0.3) is 0 Å². The van der Waals surface area contributed by atoms with Gasteiger partial charge in [-0.2, -0.15) is 4.31 Å². The molecule has 23 heavy (non-hydrogen) atoms. The summed E-state index contributed by atoms with van der Waals surface area (Å²) >= 11 is 0. The lowest BCUT2D eigenvalue weighted by atomic mass is 10.1. The highest BCUT2D eigenvalue weighted by Gasteiger charge is 2.36. The summed E-state index contributed by atoms with van der Waals surface area (Å²) in [5, 5.41) is 0. The van der Waals surface area contributed by atoms with E-state index in [2.05, 4.69) is 0 Å². The summed E-state index contributed by atoms with van der Waals surface area (Å²) in [5.41, 5.74) is 2.07. The van der Waals surface area contributed by atoms with Crippen LogP contribution in [0, 0.1) is 0 Å². The van der Waals surface area contributed by atoms with Crippen LogP contribution >= 0.6 is 0 Å². The Kier molecular flexibility index (Phi) is 4.47. The van der Waals surface area contributed by atoms with Crippen molar-refractivity contribution in [3.63, 3.8) is 0 Å². The van der Waals surface area contributed by atoms with Crippen molar-refractivity contribution >= 4 is 21.6 Å². The van der Waals surface area contributed by atoms with Crippen molar-refractivity contribution in [3.05, 3.63) is 29.8 Å². The van der Waals surface area contributed by atoms with Crippen LogP contribution in [0.5, 0.6) is 0 Å². The van der Waals surface area contributed by atoms with E-state index in [4.69, 9.17) is 0 Å². The summed E-state index contributed by atoms with van der Waals surface area (Å²) in [4.78, 5) is 14.6. The van der Waals surface area contributed by atoms with Crippen molar-refractivity contribution in [2.24, 2.45) is 0 Å². The molecule has 1 heterocycles. The lowest BCUT2D eigenvalue weighted by Crippen LogP contribution is -2.47. The van der Waals surface area contributed by atoms with E-state index >= 15 is 0 Å². The molecule has 0 N–H and O–H groups in total. The number of benzene rings is 1. The van der Waals surface area contributed by atoms with Crippen LogP contribution in [-0.4, -0.2) is 43.5 Å². The lowest BCUT2D eigenvalue weighted by molar-refractivity contribution is -0.119. The van der Waals surface area contributed by atoms with E-state index in [9.17, 15) is 13.2 Å². The maximum Gasteiger partial charge on any atom is 0.242 e. The number of amides is 1. The van der Waals surface area contributed by atoms with Crippen molar-refractivity contribution < 1.29 is 13.2 Å². The number of hydrogen-bond donors (Lipinski definition) is 0. The maximum absolute atomic E-state index is 12.9. The highest BCUT2D eigenvalue weighted by atomic mass is 32.2.